The Hall–Kier alpha value is -0.875. The molecule has 2 saturated heterocycles. The summed E-state index contributed by atoms with van der Waals surface area (Å²) in [6.07, 6.45) is 0. The van der Waals surface area contributed by atoms with Crippen molar-refractivity contribution < 1.29 is 19.2 Å². The SMILES string of the molecule is CC1(C)OB(c2cccc(C3(O)COC3)c2)OC1(C)C. The smallest absolute Gasteiger partial charge is 0.399 e. The number of ether oxygens (including phenoxy) is 1. The molecule has 108 valence electrons. The van der Waals surface area contributed by atoms with Gasteiger partial charge in [0.05, 0.1) is 24.4 Å². The van der Waals surface area contributed by atoms with Gasteiger partial charge in [0.2, 0.25) is 0 Å². The molecule has 0 saturated carbocycles. The Labute approximate surface area is 120 Å². The molecule has 4 nitrogen and oxygen atoms in total. The number of hydrogen-bond acceptors (Lipinski definition) is 4. The van der Waals surface area contributed by atoms with Crippen LogP contribution in [0.25, 0.3) is 0 Å². The Morgan fingerprint density at radius 2 is 1.65 bits per heavy atom. The van der Waals surface area contributed by atoms with Gasteiger partial charge in [-0.2, -0.15) is 0 Å². The summed E-state index contributed by atoms with van der Waals surface area (Å²) in [7, 11) is -0.399. The van der Waals surface area contributed by atoms with Gasteiger partial charge in [0.15, 0.2) is 0 Å². The molecule has 0 spiro atoms. The van der Waals surface area contributed by atoms with Crippen LogP contribution in [0, 0.1) is 0 Å². The summed E-state index contributed by atoms with van der Waals surface area (Å²) >= 11 is 0. The second-order valence-corrected chi connectivity index (χ2v) is 6.74. The highest BCUT2D eigenvalue weighted by Gasteiger charge is 2.52. The summed E-state index contributed by atoms with van der Waals surface area (Å²) in [6.45, 7) is 8.82. The van der Waals surface area contributed by atoms with Crippen molar-refractivity contribution in [2.75, 3.05) is 13.2 Å². The maximum atomic E-state index is 10.3. The lowest BCUT2D eigenvalue weighted by molar-refractivity contribution is -0.184. The van der Waals surface area contributed by atoms with Crippen molar-refractivity contribution >= 4 is 12.6 Å². The minimum atomic E-state index is -0.861. The van der Waals surface area contributed by atoms with Crippen molar-refractivity contribution in [1.29, 1.82) is 0 Å². The Kier molecular flexibility index (Phi) is 3.03. The minimum Gasteiger partial charge on any atom is -0.399 e. The number of hydrogen-bond donors (Lipinski definition) is 1. The normalized spacial score (nSPS) is 26.4. The lowest BCUT2D eigenvalue weighted by Gasteiger charge is -2.37. The van der Waals surface area contributed by atoms with Crippen molar-refractivity contribution in [3.8, 4) is 0 Å². The standard InChI is InChI=1S/C15H21BO4/c1-13(2)14(3,4)20-16(19-13)12-7-5-6-11(8-12)15(17)9-18-10-15/h5-8,17H,9-10H2,1-4H3. The van der Waals surface area contributed by atoms with Crippen LogP contribution in [0.1, 0.15) is 33.3 Å². The maximum absolute atomic E-state index is 10.3. The molecule has 0 aliphatic carbocycles. The van der Waals surface area contributed by atoms with Gasteiger partial charge in [-0.15, -0.1) is 0 Å². The van der Waals surface area contributed by atoms with E-state index in [1.165, 1.54) is 0 Å². The van der Waals surface area contributed by atoms with Gasteiger partial charge < -0.3 is 19.2 Å². The first-order chi connectivity index (χ1) is 9.24. The molecular weight excluding hydrogens is 255 g/mol. The number of benzene rings is 1. The van der Waals surface area contributed by atoms with Crippen LogP contribution in [0.4, 0.5) is 0 Å². The first kappa shape index (κ1) is 14.1. The highest BCUT2D eigenvalue weighted by Crippen LogP contribution is 2.37. The van der Waals surface area contributed by atoms with E-state index in [1.54, 1.807) is 0 Å². The van der Waals surface area contributed by atoms with Crippen molar-refractivity contribution in [2.45, 2.75) is 44.5 Å². The Morgan fingerprint density at radius 1 is 1.05 bits per heavy atom. The maximum Gasteiger partial charge on any atom is 0.494 e. The van der Waals surface area contributed by atoms with Gasteiger partial charge in [0.25, 0.3) is 0 Å². The lowest BCUT2D eigenvalue weighted by atomic mass is 9.76. The predicted octanol–water partition coefficient (Wildman–Crippen LogP) is 1.20. The van der Waals surface area contributed by atoms with E-state index in [-0.39, 0.29) is 11.2 Å². The summed E-state index contributed by atoms with van der Waals surface area (Å²) in [6, 6.07) is 7.75. The van der Waals surface area contributed by atoms with E-state index in [0.29, 0.717) is 13.2 Å². The molecule has 0 radical (unpaired) electrons. The summed E-state index contributed by atoms with van der Waals surface area (Å²) in [5.41, 5.74) is 0.214. The number of rotatable bonds is 2. The zero-order valence-electron chi connectivity index (χ0n) is 12.5. The molecule has 2 aliphatic rings. The largest absolute Gasteiger partial charge is 0.494 e. The molecule has 0 atom stereocenters. The second kappa shape index (κ2) is 4.31. The summed E-state index contributed by atoms with van der Waals surface area (Å²) in [5.74, 6) is 0. The summed E-state index contributed by atoms with van der Waals surface area (Å²) in [5, 5.41) is 10.3. The average molecular weight is 276 g/mol. The van der Waals surface area contributed by atoms with Crippen LogP contribution in [-0.2, 0) is 19.6 Å². The first-order valence-electron chi connectivity index (χ1n) is 7.00. The van der Waals surface area contributed by atoms with Gasteiger partial charge in [-0.3, -0.25) is 0 Å². The fraction of sp³-hybridized carbons (Fsp3) is 0.600. The molecular formula is C15H21BO4. The fourth-order valence-corrected chi connectivity index (χ4v) is 2.42. The second-order valence-electron chi connectivity index (χ2n) is 6.74. The van der Waals surface area contributed by atoms with E-state index in [0.717, 1.165) is 11.0 Å². The number of aliphatic hydroxyl groups is 1. The van der Waals surface area contributed by atoms with Crippen molar-refractivity contribution in [3.05, 3.63) is 29.8 Å². The van der Waals surface area contributed by atoms with Gasteiger partial charge in [0, 0.05) is 0 Å². The zero-order valence-corrected chi connectivity index (χ0v) is 12.5. The molecule has 2 aliphatic heterocycles. The molecule has 0 unspecified atom stereocenters. The molecule has 2 heterocycles. The summed E-state index contributed by atoms with van der Waals surface area (Å²) in [4.78, 5) is 0. The third-order valence-corrected chi connectivity index (χ3v) is 4.63. The average Bonchev–Trinajstić information content (AvgIpc) is 2.56. The van der Waals surface area contributed by atoms with E-state index >= 15 is 0 Å². The molecule has 2 fully saturated rings. The van der Waals surface area contributed by atoms with Gasteiger partial charge in [-0.1, -0.05) is 24.3 Å². The van der Waals surface area contributed by atoms with Crippen LogP contribution in [0.2, 0.25) is 0 Å². The zero-order chi connectivity index (χ0) is 14.6. The van der Waals surface area contributed by atoms with E-state index < -0.39 is 12.7 Å². The van der Waals surface area contributed by atoms with Crippen LogP contribution in [0.15, 0.2) is 24.3 Å². The van der Waals surface area contributed by atoms with E-state index in [9.17, 15) is 5.11 Å². The predicted molar refractivity (Wildman–Crippen MR) is 76.9 cm³/mol. The molecule has 0 aromatic heterocycles. The van der Waals surface area contributed by atoms with E-state index in [1.807, 2.05) is 52.0 Å². The first-order valence-corrected chi connectivity index (χ1v) is 7.00. The molecule has 3 rings (SSSR count). The highest BCUT2D eigenvalue weighted by molar-refractivity contribution is 6.62. The van der Waals surface area contributed by atoms with Crippen LogP contribution < -0.4 is 5.46 Å². The van der Waals surface area contributed by atoms with Crippen LogP contribution in [0.3, 0.4) is 0 Å². The highest BCUT2D eigenvalue weighted by atomic mass is 16.7. The Balaban J connectivity index is 1.87. The minimum absolute atomic E-state index is 0.347. The molecule has 1 aromatic rings. The van der Waals surface area contributed by atoms with Crippen LogP contribution in [-0.4, -0.2) is 36.6 Å². The van der Waals surface area contributed by atoms with Gasteiger partial charge >= 0.3 is 7.12 Å². The monoisotopic (exact) mass is 276 g/mol. The Morgan fingerprint density at radius 3 is 2.15 bits per heavy atom. The van der Waals surface area contributed by atoms with Gasteiger partial charge in [-0.25, -0.2) is 0 Å². The molecule has 1 N–H and O–H groups in total. The third kappa shape index (κ3) is 2.09. The molecule has 0 bridgehead atoms. The van der Waals surface area contributed by atoms with Gasteiger partial charge in [0.1, 0.15) is 5.60 Å². The van der Waals surface area contributed by atoms with Crippen molar-refractivity contribution in [2.24, 2.45) is 0 Å². The molecule has 1 aromatic carbocycles. The lowest BCUT2D eigenvalue weighted by Crippen LogP contribution is -2.47. The topological polar surface area (TPSA) is 47.9 Å². The van der Waals surface area contributed by atoms with Crippen LogP contribution in [0.5, 0.6) is 0 Å². The van der Waals surface area contributed by atoms with Crippen LogP contribution >= 0.6 is 0 Å². The van der Waals surface area contributed by atoms with Crippen molar-refractivity contribution in [3.63, 3.8) is 0 Å². The van der Waals surface area contributed by atoms with Crippen molar-refractivity contribution in [1.82, 2.24) is 0 Å². The Bertz CT molecular complexity index is 506. The van der Waals surface area contributed by atoms with E-state index in [2.05, 4.69) is 0 Å². The molecule has 0 amide bonds. The fourth-order valence-electron chi connectivity index (χ4n) is 2.42. The molecule has 5 heteroatoms. The summed E-state index contributed by atoms with van der Waals surface area (Å²) < 4.78 is 17.2. The molecule has 20 heavy (non-hydrogen) atoms. The van der Waals surface area contributed by atoms with E-state index in [4.69, 9.17) is 14.0 Å². The third-order valence-electron chi connectivity index (χ3n) is 4.63. The van der Waals surface area contributed by atoms with Gasteiger partial charge in [-0.05, 0) is 38.7 Å². The quantitative estimate of drug-likeness (QED) is 0.825.